The molecule has 3 heterocycles. The highest BCUT2D eigenvalue weighted by Crippen LogP contribution is 2.52. The molecule has 5 aromatic rings. The highest BCUT2D eigenvalue weighted by molar-refractivity contribution is 9.10. The second kappa shape index (κ2) is 18.1. The van der Waals surface area contributed by atoms with Gasteiger partial charge in [-0.25, -0.2) is 0 Å². The maximum absolute atomic E-state index is 14.7. The summed E-state index contributed by atoms with van der Waals surface area (Å²) in [6.07, 6.45) is 4.14. The Morgan fingerprint density at radius 1 is 0.919 bits per heavy atom. The first-order valence-electron chi connectivity index (χ1n) is 21.0. The second-order valence-electron chi connectivity index (χ2n) is 17.4. The van der Waals surface area contributed by atoms with Gasteiger partial charge in [-0.15, -0.1) is 0 Å². The molecule has 1 aliphatic carbocycles. The molecule has 3 aliphatic rings. The Kier molecular flexibility index (Phi) is 12.7. The molecule has 0 bridgehead atoms. The number of carbonyl (C=O) groups is 2. The molecule has 14 heteroatoms. The summed E-state index contributed by atoms with van der Waals surface area (Å²) in [4.78, 5) is 35.1. The van der Waals surface area contributed by atoms with Gasteiger partial charge in [-0.2, -0.15) is 0 Å². The first kappa shape index (κ1) is 43.7. The summed E-state index contributed by atoms with van der Waals surface area (Å²) in [5.41, 5.74) is 4.31. The molecule has 1 aromatic heterocycles. The van der Waals surface area contributed by atoms with Crippen LogP contribution < -0.4 is 20.7 Å². The molecule has 4 aromatic carbocycles. The standard InChI is InChI=1S/C48H49B2BrN2O8Si/c1-48(2,3)62(37-15-6-4-7-16-37,38-17-8-5-9-18-38)60-30-33-27-39-45(47(56)53(46(39)55)36-14-12-13-34(28-36)50(58)59)40-29-49(57)61-43(44(33)40)23-20-31(41-19-10-11-24-52-41)25-32-26-35(51)21-22-42(32)54/h4-19,21-22,24-26,28,39-40,43,45,54,57-59H,20,23,27,29-30H2,1-3H3/b31-25-/t39-,40+,43-,45-/m1/s1. The minimum absolute atomic E-state index is 0.104. The molecule has 2 aliphatic heterocycles. The number of allylic oxidation sites excluding steroid dienone is 1. The Morgan fingerprint density at radius 2 is 1.61 bits per heavy atom. The SMILES string of the molecule is CC(C)(C)[Si](OCC1=C2[C@@H](CC/C(=C/c3cc(Br)ccc3O)c3ccccn3)OB(O)C[C@@H]2[C@@H]2C(=O)N(c3cccc(B(O)O)c3)C(=O)[C@@H]2C1)(c1ccccc1)c1ccccc1. The molecule has 8 rings (SSSR count). The predicted molar refractivity (Wildman–Crippen MR) is 249 cm³/mol. The highest BCUT2D eigenvalue weighted by atomic mass is 79.9. The summed E-state index contributed by atoms with van der Waals surface area (Å²) in [5, 5.41) is 44.2. The zero-order valence-electron chi connectivity index (χ0n) is 34.9. The Labute approximate surface area is 372 Å². The van der Waals surface area contributed by atoms with E-state index in [0.717, 1.165) is 37.3 Å². The summed E-state index contributed by atoms with van der Waals surface area (Å²) in [5.74, 6) is -2.75. The number of amides is 2. The predicted octanol–water partition coefficient (Wildman–Crippen LogP) is 6.13. The summed E-state index contributed by atoms with van der Waals surface area (Å²) in [7, 11) is -6.09. The molecule has 0 unspecified atom stereocenters. The van der Waals surface area contributed by atoms with Crippen molar-refractivity contribution in [2.45, 2.75) is 57.5 Å². The quantitative estimate of drug-likeness (QED) is 0.0660. The molecule has 0 saturated carbocycles. The van der Waals surface area contributed by atoms with Crippen LogP contribution in [-0.4, -0.2) is 72.2 Å². The molecule has 2 amide bonds. The van der Waals surface area contributed by atoms with Gasteiger partial charge in [0.25, 0.3) is 8.32 Å². The van der Waals surface area contributed by atoms with Gasteiger partial charge in [0.2, 0.25) is 11.8 Å². The van der Waals surface area contributed by atoms with E-state index in [0.29, 0.717) is 18.4 Å². The van der Waals surface area contributed by atoms with Gasteiger partial charge in [0.15, 0.2) is 0 Å². The Hall–Kier alpha value is -4.92. The van der Waals surface area contributed by atoms with Crippen LogP contribution in [0.15, 0.2) is 143 Å². The fourth-order valence-electron chi connectivity index (χ4n) is 9.87. The highest BCUT2D eigenvalue weighted by Gasteiger charge is 2.58. The average Bonchev–Trinajstić information content (AvgIpc) is 3.52. The zero-order chi connectivity index (χ0) is 43.8. The minimum atomic E-state index is -3.09. The number of fused-ring (bicyclic) bond motifs is 3. The van der Waals surface area contributed by atoms with Gasteiger partial charge in [-0.05, 0) is 118 Å². The lowest BCUT2D eigenvalue weighted by atomic mass is 9.58. The molecule has 2 saturated heterocycles. The fourth-order valence-corrected chi connectivity index (χ4v) is 14.8. The van der Waals surface area contributed by atoms with Crippen molar-refractivity contribution in [2.24, 2.45) is 17.8 Å². The smallest absolute Gasteiger partial charge is 0.488 e. The largest absolute Gasteiger partial charge is 0.507 e. The van der Waals surface area contributed by atoms with Crippen molar-refractivity contribution in [3.8, 4) is 5.75 Å². The van der Waals surface area contributed by atoms with Crippen LogP contribution in [0, 0.1) is 17.8 Å². The summed E-state index contributed by atoms with van der Waals surface area (Å²) >= 11 is 3.53. The lowest BCUT2D eigenvalue weighted by Crippen LogP contribution is -2.66. The van der Waals surface area contributed by atoms with Crippen molar-refractivity contribution >= 4 is 83.5 Å². The number of benzene rings is 4. The van der Waals surface area contributed by atoms with Gasteiger partial charge in [0, 0.05) is 16.2 Å². The molecule has 2 fully saturated rings. The molecule has 0 spiro atoms. The number of imide groups is 1. The van der Waals surface area contributed by atoms with Crippen molar-refractivity contribution in [1.29, 1.82) is 0 Å². The van der Waals surface area contributed by atoms with E-state index in [1.54, 1.807) is 30.5 Å². The van der Waals surface area contributed by atoms with Crippen LogP contribution in [0.2, 0.25) is 11.4 Å². The third-order valence-electron chi connectivity index (χ3n) is 12.6. The monoisotopic (exact) mass is 910 g/mol. The van der Waals surface area contributed by atoms with E-state index < -0.39 is 52.3 Å². The maximum Gasteiger partial charge on any atom is 0.488 e. The topological polar surface area (TPSA) is 150 Å². The number of phenols is 1. The molecular formula is C48H49B2BrN2O8Si. The van der Waals surface area contributed by atoms with Crippen LogP contribution in [0.4, 0.5) is 5.69 Å². The summed E-state index contributed by atoms with van der Waals surface area (Å²) < 4.78 is 14.8. The van der Waals surface area contributed by atoms with Gasteiger partial charge in [0.1, 0.15) is 5.75 Å². The molecule has 10 nitrogen and oxygen atoms in total. The second-order valence-corrected chi connectivity index (χ2v) is 22.6. The number of hydrogen-bond acceptors (Lipinski definition) is 9. The van der Waals surface area contributed by atoms with Gasteiger partial charge >= 0.3 is 14.2 Å². The Bertz CT molecular complexity index is 2460. The van der Waals surface area contributed by atoms with Gasteiger partial charge in [-0.3, -0.25) is 19.5 Å². The van der Waals surface area contributed by atoms with E-state index in [1.165, 1.54) is 17.0 Å². The third-order valence-corrected chi connectivity index (χ3v) is 18.1. The zero-order valence-corrected chi connectivity index (χ0v) is 37.5. The van der Waals surface area contributed by atoms with Crippen molar-refractivity contribution in [3.63, 3.8) is 0 Å². The normalized spacial score (nSPS) is 20.7. The van der Waals surface area contributed by atoms with Crippen LogP contribution in [-0.2, 0) is 18.7 Å². The van der Waals surface area contributed by atoms with Crippen LogP contribution in [0.5, 0.6) is 5.75 Å². The minimum Gasteiger partial charge on any atom is -0.507 e. The third kappa shape index (κ3) is 8.45. The molecular weight excluding hydrogens is 862 g/mol. The van der Waals surface area contributed by atoms with Gasteiger partial charge < -0.3 is 29.3 Å². The van der Waals surface area contributed by atoms with Crippen molar-refractivity contribution in [2.75, 3.05) is 11.5 Å². The van der Waals surface area contributed by atoms with E-state index in [1.807, 2.05) is 66.7 Å². The first-order valence-corrected chi connectivity index (χ1v) is 23.7. The van der Waals surface area contributed by atoms with Crippen molar-refractivity contribution in [3.05, 3.63) is 154 Å². The van der Waals surface area contributed by atoms with Gasteiger partial charge in [0.05, 0.1) is 35.9 Å². The molecule has 62 heavy (non-hydrogen) atoms. The number of carbonyl (C=O) groups excluding carboxylic acids is 2. The number of hydrogen-bond donors (Lipinski definition) is 4. The fraction of sp³-hybridized carbons (Fsp3) is 0.271. The number of pyridine rings is 1. The van der Waals surface area contributed by atoms with Crippen LogP contribution in [0.1, 0.15) is 51.3 Å². The lowest BCUT2D eigenvalue weighted by molar-refractivity contribution is -0.122. The van der Waals surface area contributed by atoms with E-state index in [-0.39, 0.29) is 47.2 Å². The van der Waals surface area contributed by atoms with Crippen LogP contribution in [0.25, 0.3) is 11.6 Å². The van der Waals surface area contributed by atoms with Crippen molar-refractivity contribution < 1.29 is 38.8 Å². The van der Waals surface area contributed by atoms with E-state index in [2.05, 4.69) is 66.0 Å². The number of anilines is 1. The van der Waals surface area contributed by atoms with Crippen molar-refractivity contribution in [1.82, 2.24) is 4.98 Å². The lowest BCUT2D eigenvalue weighted by Gasteiger charge is -2.46. The first-order chi connectivity index (χ1) is 29.8. The van der Waals surface area contributed by atoms with Gasteiger partial charge in [-0.1, -0.05) is 116 Å². The Balaban J connectivity index is 1.24. The van der Waals surface area contributed by atoms with Crippen LogP contribution in [0.3, 0.4) is 0 Å². The molecule has 316 valence electrons. The van der Waals surface area contributed by atoms with E-state index in [9.17, 15) is 29.8 Å². The Morgan fingerprint density at radius 3 is 2.26 bits per heavy atom. The van der Waals surface area contributed by atoms with E-state index >= 15 is 0 Å². The number of nitrogens with zero attached hydrogens (tertiary/aromatic N) is 2. The number of rotatable bonds is 12. The molecule has 0 radical (unpaired) electrons. The number of aromatic nitrogens is 1. The molecule has 4 atom stereocenters. The van der Waals surface area contributed by atoms with Crippen LogP contribution >= 0.6 is 15.9 Å². The molecule has 4 N–H and O–H groups in total. The number of aromatic hydroxyl groups is 1. The van der Waals surface area contributed by atoms with E-state index in [4.69, 9.17) is 9.08 Å². The average molecular weight is 912 g/mol. The number of halogens is 1. The summed E-state index contributed by atoms with van der Waals surface area (Å²) in [6.45, 7) is 6.80. The summed E-state index contributed by atoms with van der Waals surface area (Å²) in [6, 6.07) is 37.8. The maximum atomic E-state index is 14.7. The number of phenolic OH excluding ortho intramolecular Hbond substituents is 1.